The van der Waals surface area contributed by atoms with Crippen LogP contribution < -0.4 is 9.86 Å². The Kier molecular flexibility index (Phi) is 4.03. The molecule has 6 nitrogen and oxygen atoms in total. The summed E-state index contributed by atoms with van der Waals surface area (Å²) in [5, 5.41) is 4.35. The van der Waals surface area contributed by atoms with Crippen LogP contribution in [0.4, 0.5) is 10.1 Å². The van der Waals surface area contributed by atoms with E-state index in [-0.39, 0.29) is 5.69 Å². The zero-order valence-corrected chi connectivity index (χ0v) is 12.2. The Bertz CT molecular complexity index is 710. The summed E-state index contributed by atoms with van der Waals surface area (Å²) in [6, 6.07) is 2.93. The first-order valence-corrected chi connectivity index (χ1v) is 9.13. The van der Waals surface area contributed by atoms with Crippen molar-refractivity contribution in [1.29, 1.82) is 0 Å². The zero-order chi connectivity index (χ0) is 15.0. The average molecular weight is 322 g/mol. The summed E-state index contributed by atoms with van der Waals surface area (Å²) >= 11 is 0. The van der Waals surface area contributed by atoms with Crippen molar-refractivity contribution in [2.24, 2.45) is 5.14 Å². The van der Waals surface area contributed by atoms with Gasteiger partial charge in [0.05, 0.1) is 10.9 Å². The monoisotopic (exact) mass is 322 g/mol. The maximum absolute atomic E-state index is 13.6. The molecule has 0 bridgehead atoms. The number of rotatable bonds is 4. The van der Waals surface area contributed by atoms with Crippen LogP contribution in [0.5, 0.6) is 0 Å². The van der Waals surface area contributed by atoms with Crippen LogP contribution in [0.2, 0.25) is 0 Å². The molecule has 9 heteroatoms. The highest BCUT2D eigenvalue weighted by atomic mass is 32.2. The number of sulfonamides is 2. The fraction of sp³-hybridized carbons (Fsp3) is 0.455. The van der Waals surface area contributed by atoms with Crippen molar-refractivity contribution in [3.63, 3.8) is 0 Å². The molecule has 1 aliphatic rings. The van der Waals surface area contributed by atoms with E-state index in [0.717, 1.165) is 25.0 Å². The van der Waals surface area contributed by atoms with Crippen molar-refractivity contribution < 1.29 is 21.2 Å². The summed E-state index contributed by atoms with van der Waals surface area (Å²) in [5.41, 5.74) is -0.0122. The molecule has 112 valence electrons. The average Bonchev–Trinajstić information content (AvgIpc) is 2.80. The molecule has 0 unspecified atom stereocenters. The minimum absolute atomic E-state index is 0.0122. The second-order valence-corrected chi connectivity index (χ2v) is 8.23. The maximum atomic E-state index is 13.6. The molecule has 2 rings (SSSR count). The molecule has 3 N–H and O–H groups in total. The van der Waals surface area contributed by atoms with E-state index in [9.17, 15) is 21.2 Å². The largest absolute Gasteiger partial charge is 0.283 e. The molecule has 0 heterocycles. The van der Waals surface area contributed by atoms with Gasteiger partial charge in [-0.3, -0.25) is 4.72 Å². The lowest BCUT2D eigenvalue weighted by molar-refractivity contribution is 0.568. The lowest BCUT2D eigenvalue weighted by Crippen LogP contribution is -2.25. The van der Waals surface area contributed by atoms with Crippen LogP contribution in [0.25, 0.3) is 0 Å². The molecule has 1 saturated carbocycles. The van der Waals surface area contributed by atoms with Gasteiger partial charge in [0.2, 0.25) is 20.0 Å². The molecule has 20 heavy (non-hydrogen) atoms. The first kappa shape index (κ1) is 15.2. The number of primary sulfonamides is 1. The Balaban J connectivity index is 2.25. The summed E-state index contributed by atoms with van der Waals surface area (Å²) in [6.07, 6.45) is 2.86. The molecule has 1 aromatic carbocycles. The second-order valence-electron chi connectivity index (χ2n) is 4.74. The third-order valence-electron chi connectivity index (χ3n) is 3.24. The van der Waals surface area contributed by atoms with E-state index in [4.69, 9.17) is 5.14 Å². The van der Waals surface area contributed by atoms with Gasteiger partial charge in [-0.15, -0.1) is 0 Å². The molecule has 1 aliphatic carbocycles. The highest BCUT2D eigenvalue weighted by molar-refractivity contribution is 7.93. The van der Waals surface area contributed by atoms with Crippen LogP contribution in [0.3, 0.4) is 0 Å². The quantitative estimate of drug-likeness (QED) is 0.867. The van der Waals surface area contributed by atoms with E-state index in [2.05, 4.69) is 4.72 Å². The molecule has 0 radical (unpaired) electrons. The van der Waals surface area contributed by atoms with Crippen LogP contribution in [-0.4, -0.2) is 22.1 Å². The number of hydrogen-bond acceptors (Lipinski definition) is 4. The van der Waals surface area contributed by atoms with E-state index in [0.29, 0.717) is 12.8 Å². The number of anilines is 1. The highest BCUT2D eigenvalue weighted by Gasteiger charge is 2.29. The molecule has 0 amide bonds. The Labute approximate surface area is 117 Å². The minimum atomic E-state index is -4.16. The number of halogens is 1. The smallest absolute Gasteiger partial charge is 0.240 e. The highest BCUT2D eigenvalue weighted by Crippen LogP contribution is 2.27. The van der Waals surface area contributed by atoms with Gasteiger partial charge in [0.15, 0.2) is 0 Å². The van der Waals surface area contributed by atoms with E-state index >= 15 is 0 Å². The number of hydrogen-bond donors (Lipinski definition) is 2. The third kappa shape index (κ3) is 3.28. The topological polar surface area (TPSA) is 106 Å². The molecule has 0 saturated heterocycles. The van der Waals surface area contributed by atoms with Crippen LogP contribution in [-0.2, 0) is 20.0 Å². The Morgan fingerprint density at radius 1 is 1.15 bits per heavy atom. The SMILES string of the molecule is NS(=O)(=O)c1ccc(NS(=O)(=O)C2CCCC2)cc1F. The van der Waals surface area contributed by atoms with Gasteiger partial charge < -0.3 is 0 Å². The fourth-order valence-corrected chi connectivity index (χ4v) is 4.41. The first-order valence-electron chi connectivity index (χ1n) is 6.04. The standard InChI is InChI=1S/C11H15FN2O4S2/c12-10-7-8(5-6-11(10)19(13,15)16)14-20(17,18)9-3-1-2-4-9/h5-7,9,14H,1-4H2,(H2,13,15,16). The lowest BCUT2D eigenvalue weighted by Gasteiger charge is -2.13. The lowest BCUT2D eigenvalue weighted by atomic mass is 10.3. The molecule has 0 aliphatic heterocycles. The maximum Gasteiger partial charge on any atom is 0.240 e. The van der Waals surface area contributed by atoms with Crippen LogP contribution in [0, 0.1) is 5.82 Å². The van der Waals surface area contributed by atoms with Gasteiger partial charge in [0, 0.05) is 0 Å². The normalized spacial score (nSPS) is 17.3. The predicted octanol–water partition coefficient (Wildman–Crippen LogP) is 1.16. The van der Waals surface area contributed by atoms with Gasteiger partial charge in [-0.25, -0.2) is 26.4 Å². The summed E-state index contributed by atoms with van der Waals surface area (Å²) in [7, 11) is -7.74. The number of benzene rings is 1. The fourth-order valence-electron chi connectivity index (χ4n) is 2.24. The zero-order valence-electron chi connectivity index (χ0n) is 10.5. The number of nitrogens with two attached hydrogens (primary N) is 1. The number of nitrogens with one attached hydrogen (secondary N) is 1. The van der Waals surface area contributed by atoms with Crippen LogP contribution >= 0.6 is 0 Å². The van der Waals surface area contributed by atoms with Crippen molar-refractivity contribution in [3.8, 4) is 0 Å². The molecule has 0 atom stereocenters. The third-order valence-corrected chi connectivity index (χ3v) is 6.05. The van der Waals surface area contributed by atoms with Crippen molar-refractivity contribution in [1.82, 2.24) is 0 Å². The molecule has 1 aromatic rings. The van der Waals surface area contributed by atoms with E-state index < -0.39 is 36.0 Å². The molecule has 0 aromatic heterocycles. The van der Waals surface area contributed by atoms with Crippen molar-refractivity contribution in [2.45, 2.75) is 35.8 Å². The van der Waals surface area contributed by atoms with E-state index in [1.165, 1.54) is 6.07 Å². The van der Waals surface area contributed by atoms with Crippen molar-refractivity contribution in [2.75, 3.05) is 4.72 Å². The van der Waals surface area contributed by atoms with Crippen molar-refractivity contribution in [3.05, 3.63) is 24.0 Å². The summed E-state index contributed by atoms with van der Waals surface area (Å²) in [4.78, 5) is -0.665. The van der Waals surface area contributed by atoms with Gasteiger partial charge >= 0.3 is 0 Å². The predicted molar refractivity (Wildman–Crippen MR) is 72.6 cm³/mol. The van der Waals surface area contributed by atoms with E-state index in [1.807, 2.05) is 0 Å². The molecular weight excluding hydrogens is 307 g/mol. The summed E-state index contributed by atoms with van der Waals surface area (Å²) in [6.45, 7) is 0. The van der Waals surface area contributed by atoms with Gasteiger partial charge in [-0.2, -0.15) is 0 Å². The molecule has 0 spiro atoms. The molecular formula is C11H15FN2O4S2. The minimum Gasteiger partial charge on any atom is -0.283 e. The first-order chi connectivity index (χ1) is 9.20. The van der Waals surface area contributed by atoms with Crippen LogP contribution in [0.15, 0.2) is 23.1 Å². The van der Waals surface area contributed by atoms with Gasteiger partial charge in [-0.05, 0) is 31.0 Å². The Morgan fingerprint density at radius 2 is 1.75 bits per heavy atom. The van der Waals surface area contributed by atoms with Gasteiger partial charge in [0.1, 0.15) is 10.7 Å². The van der Waals surface area contributed by atoms with Gasteiger partial charge in [0.25, 0.3) is 0 Å². The van der Waals surface area contributed by atoms with Gasteiger partial charge in [-0.1, -0.05) is 12.8 Å². The molecule has 1 fully saturated rings. The Morgan fingerprint density at radius 3 is 2.25 bits per heavy atom. The van der Waals surface area contributed by atoms with Crippen molar-refractivity contribution >= 4 is 25.7 Å². The summed E-state index contributed by atoms with van der Waals surface area (Å²) < 4.78 is 62.0. The van der Waals surface area contributed by atoms with E-state index in [1.54, 1.807) is 0 Å². The Hall–Kier alpha value is -1.19. The second kappa shape index (κ2) is 5.30. The summed E-state index contributed by atoms with van der Waals surface area (Å²) in [5.74, 6) is -1.08. The van der Waals surface area contributed by atoms with Crippen LogP contribution in [0.1, 0.15) is 25.7 Å².